The van der Waals surface area contributed by atoms with Gasteiger partial charge in [-0.15, -0.1) is 0 Å². The predicted octanol–water partition coefficient (Wildman–Crippen LogP) is 6.26. The fourth-order valence-electron chi connectivity index (χ4n) is 3.97. The number of rotatable bonds is 3. The van der Waals surface area contributed by atoms with Crippen molar-refractivity contribution in [3.63, 3.8) is 0 Å². The van der Waals surface area contributed by atoms with Crippen molar-refractivity contribution in [1.82, 2.24) is 0 Å². The van der Waals surface area contributed by atoms with Crippen LogP contribution in [0.5, 0.6) is 5.75 Å². The van der Waals surface area contributed by atoms with E-state index in [1.165, 1.54) is 36.8 Å². The van der Waals surface area contributed by atoms with Gasteiger partial charge in [-0.05, 0) is 53.6 Å². The van der Waals surface area contributed by atoms with Crippen LogP contribution in [-0.4, -0.2) is 11.3 Å². The van der Waals surface area contributed by atoms with Gasteiger partial charge in [0, 0.05) is 11.8 Å². The maximum absolute atomic E-state index is 10.3. The molecule has 4 rings (SSSR count). The van der Waals surface area contributed by atoms with Crippen molar-refractivity contribution in [2.24, 2.45) is 4.99 Å². The van der Waals surface area contributed by atoms with Crippen LogP contribution in [0.25, 0.3) is 10.8 Å². The van der Waals surface area contributed by atoms with Gasteiger partial charge in [0.2, 0.25) is 0 Å². The van der Waals surface area contributed by atoms with Crippen LogP contribution in [0.2, 0.25) is 0 Å². The van der Waals surface area contributed by atoms with E-state index in [0.29, 0.717) is 5.92 Å². The van der Waals surface area contributed by atoms with Gasteiger partial charge in [-0.2, -0.15) is 0 Å². The molecular weight excluding hydrogens is 306 g/mol. The zero-order valence-corrected chi connectivity index (χ0v) is 14.6. The molecule has 0 bridgehead atoms. The van der Waals surface area contributed by atoms with E-state index >= 15 is 0 Å². The van der Waals surface area contributed by atoms with Crippen LogP contribution in [0.1, 0.15) is 48.3 Å². The molecule has 1 saturated carbocycles. The third-order valence-corrected chi connectivity index (χ3v) is 5.33. The summed E-state index contributed by atoms with van der Waals surface area (Å²) in [6.45, 7) is 2.12. The lowest BCUT2D eigenvalue weighted by molar-refractivity contribution is 0.475. The highest BCUT2D eigenvalue weighted by Gasteiger charge is 2.20. The molecule has 25 heavy (non-hydrogen) atoms. The van der Waals surface area contributed by atoms with Gasteiger partial charge in [0.1, 0.15) is 5.75 Å². The Balaban J connectivity index is 1.80. The summed E-state index contributed by atoms with van der Waals surface area (Å²) in [5, 5.41) is 12.5. The molecule has 2 heteroatoms. The molecule has 0 heterocycles. The predicted molar refractivity (Wildman–Crippen MR) is 105 cm³/mol. The van der Waals surface area contributed by atoms with E-state index < -0.39 is 0 Å². The standard InChI is InChI=1S/C23H23NO/c1-16-7-6-12-20(17-8-2-3-9-17)23(16)24-15-21-19-11-5-4-10-18(19)13-14-22(21)25/h4-7,10-15,17,25H,2-3,8-9H2,1H3. The van der Waals surface area contributed by atoms with Gasteiger partial charge < -0.3 is 5.11 Å². The summed E-state index contributed by atoms with van der Waals surface area (Å²) in [7, 11) is 0. The number of nitrogens with zero attached hydrogens (tertiary/aromatic N) is 1. The van der Waals surface area contributed by atoms with Crippen LogP contribution >= 0.6 is 0 Å². The number of fused-ring (bicyclic) bond motifs is 1. The van der Waals surface area contributed by atoms with Crippen molar-refractivity contribution in [2.75, 3.05) is 0 Å². The Morgan fingerprint density at radius 3 is 2.60 bits per heavy atom. The first kappa shape index (κ1) is 15.9. The molecule has 0 unspecified atom stereocenters. The second-order valence-electron chi connectivity index (χ2n) is 6.97. The number of benzene rings is 3. The lowest BCUT2D eigenvalue weighted by atomic mass is 9.94. The molecule has 0 atom stereocenters. The Bertz CT molecular complexity index is 936. The first-order chi connectivity index (χ1) is 12.2. The van der Waals surface area contributed by atoms with Crippen molar-refractivity contribution >= 4 is 22.7 Å². The van der Waals surface area contributed by atoms with Crippen molar-refractivity contribution in [2.45, 2.75) is 38.5 Å². The van der Waals surface area contributed by atoms with Crippen LogP contribution < -0.4 is 0 Å². The van der Waals surface area contributed by atoms with Crippen molar-refractivity contribution in [1.29, 1.82) is 0 Å². The monoisotopic (exact) mass is 329 g/mol. The smallest absolute Gasteiger partial charge is 0.124 e. The zero-order chi connectivity index (χ0) is 17.2. The summed E-state index contributed by atoms with van der Waals surface area (Å²) in [6.07, 6.45) is 6.97. The highest BCUT2D eigenvalue weighted by atomic mass is 16.3. The minimum atomic E-state index is 0.276. The first-order valence-electron chi connectivity index (χ1n) is 9.08. The molecule has 1 aliphatic rings. The van der Waals surface area contributed by atoms with E-state index in [0.717, 1.165) is 22.0 Å². The van der Waals surface area contributed by atoms with Gasteiger partial charge in [-0.25, -0.2) is 0 Å². The molecular formula is C23H23NO. The highest BCUT2D eigenvalue weighted by molar-refractivity contribution is 6.03. The average molecular weight is 329 g/mol. The molecule has 1 aliphatic carbocycles. The molecule has 0 saturated heterocycles. The number of aliphatic imine (C=N–C) groups is 1. The molecule has 0 amide bonds. The normalized spacial score (nSPS) is 15.4. The molecule has 3 aromatic rings. The van der Waals surface area contributed by atoms with Crippen LogP contribution in [0, 0.1) is 6.92 Å². The third-order valence-electron chi connectivity index (χ3n) is 5.33. The number of hydrogen-bond acceptors (Lipinski definition) is 2. The Hall–Kier alpha value is -2.61. The second-order valence-corrected chi connectivity index (χ2v) is 6.97. The number of hydrogen-bond donors (Lipinski definition) is 1. The van der Waals surface area contributed by atoms with E-state index in [4.69, 9.17) is 4.99 Å². The van der Waals surface area contributed by atoms with Crippen molar-refractivity contribution in [3.05, 3.63) is 71.3 Å². The lowest BCUT2D eigenvalue weighted by Crippen LogP contribution is -1.95. The van der Waals surface area contributed by atoms with Gasteiger partial charge in [0.05, 0.1) is 5.69 Å². The molecule has 0 aromatic heterocycles. The minimum Gasteiger partial charge on any atom is -0.507 e. The fraction of sp³-hybridized carbons (Fsp3) is 0.261. The maximum atomic E-state index is 10.3. The fourth-order valence-corrected chi connectivity index (χ4v) is 3.97. The molecule has 0 radical (unpaired) electrons. The minimum absolute atomic E-state index is 0.276. The van der Waals surface area contributed by atoms with Gasteiger partial charge in [-0.3, -0.25) is 4.99 Å². The Labute approximate surface area is 148 Å². The quantitative estimate of drug-likeness (QED) is 0.565. The number of aromatic hydroxyl groups is 1. The third kappa shape index (κ3) is 3.05. The lowest BCUT2D eigenvalue weighted by Gasteiger charge is -2.14. The van der Waals surface area contributed by atoms with Gasteiger partial charge in [0.15, 0.2) is 0 Å². The van der Waals surface area contributed by atoms with Crippen LogP contribution in [0.4, 0.5) is 5.69 Å². The molecule has 1 N–H and O–H groups in total. The number of phenolic OH excluding ortho intramolecular Hbond substituents is 1. The average Bonchev–Trinajstić information content (AvgIpc) is 3.16. The van der Waals surface area contributed by atoms with Gasteiger partial charge in [-0.1, -0.05) is 61.4 Å². The van der Waals surface area contributed by atoms with E-state index in [2.05, 4.69) is 31.2 Å². The summed E-state index contributed by atoms with van der Waals surface area (Å²) in [5.74, 6) is 0.895. The van der Waals surface area contributed by atoms with Crippen LogP contribution in [-0.2, 0) is 0 Å². The van der Waals surface area contributed by atoms with Crippen molar-refractivity contribution in [3.8, 4) is 5.75 Å². The molecule has 1 fully saturated rings. The Morgan fingerprint density at radius 2 is 1.76 bits per heavy atom. The maximum Gasteiger partial charge on any atom is 0.124 e. The van der Waals surface area contributed by atoms with E-state index in [-0.39, 0.29) is 5.75 Å². The molecule has 2 nitrogen and oxygen atoms in total. The highest BCUT2D eigenvalue weighted by Crippen LogP contribution is 2.40. The molecule has 3 aromatic carbocycles. The number of phenols is 1. The number of aryl methyl sites for hydroxylation is 1. The first-order valence-corrected chi connectivity index (χ1v) is 9.08. The van der Waals surface area contributed by atoms with E-state index in [1.54, 1.807) is 6.07 Å². The summed E-state index contributed by atoms with van der Waals surface area (Å²) >= 11 is 0. The van der Waals surface area contributed by atoms with Crippen molar-refractivity contribution < 1.29 is 5.11 Å². The number of para-hydroxylation sites is 1. The zero-order valence-electron chi connectivity index (χ0n) is 14.6. The summed E-state index contributed by atoms with van der Waals surface area (Å²) < 4.78 is 0. The topological polar surface area (TPSA) is 32.6 Å². The van der Waals surface area contributed by atoms with Gasteiger partial charge >= 0.3 is 0 Å². The van der Waals surface area contributed by atoms with Gasteiger partial charge in [0.25, 0.3) is 0 Å². The summed E-state index contributed by atoms with van der Waals surface area (Å²) in [4.78, 5) is 4.85. The Kier molecular flexibility index (Phi) is 4.27. The molecule has 0 aliphatic heterocycles. The van der Waals surface area contributed by atoms with Crippen LogP contribution in [0.15, 0.2) is 59.6 Å². The summed E-state index contributed by atoms with van der Waals surface area (Å²) in [5.41, 5.74) is 4.41. The molecule has 0 spiro atoms. The Morgan fingerprint density at radius 1 is 0.960 bits per heavy atom. The largest absolute Gasteiger partial charge is 0.507 e. The van der Waals surface area contributed by atoms with Crippen LogP contribution in [0.3, 0.4) is 0 Å². The SMILES string of the molecule is Cc1cccc(C2CCCC2)c1N=Cc1c(O)ccc2ccccc12. The van der Waals surface area contributed by atoms with E-state index in [9.17, 15) is 5.11 Å². The molecule has 126 valence electrons. The second kappa shape index (κ2) is 6.72. The van der Waals surface area contributed by atoms with E-state index in [1.807, 2.05) is 30.5 Å². The summed E-state index contributed by atoms with van der Waals surface area (Å²) in [6, 6.07) is 18.3.